The number of aromatic nitrogens is 2. The number of carbonyl (C=O) groups is 2. The van der Waals surface area contributed by atoms with Crippen LogP contribution in [0.1, 0.15) is 22.3 Å². The summed E-state index contributed by atoms with van der Waals surface area (Å²) >= 11 is 5.69. The molecule has 2 rings (SSSR count). The van der Waals surface area contributed by atoms with Crippen molar-refractivity contribution in [2.75, 3.05) is 0 Å². The van der Waals surface area contributed by atoms with Crippen molar-refractivity contribution in [3.05, 3.63) is 61.4 Å². The van der Waals surface area contributed by atoms with Crippen LogP contribution in [0.25, 0.3) is 5.69 Å². The van der Waals surface area contributed by atoms with Crippen molar-refractivity contribution in [2.45, 2.75) is 0 Å². The molecule has 22 heavy (non-hydrogen) atoms. The Morgan fingerprint density at radius 2 is 1.64 bits per heavy atom. The minimum atomic E-state index is -1.75. The number of hydrogen-bond acceptors (Lipinski definition) is 4. The summed E-state index contributed by atoms with van der Waals surface area (Å²) in [6, 6.07) is 5.42. The molecule has 0 saturated carbocycles. The molecular weight excluding hydrogens is 327 g/mol. The van der Waals surface area contributed by atoms with Crippen molar-refractivity contribution in [2.24, 2.45) is 0 Å². The minimum Gasteiger partial charge on any atom is -1.00 e. The van der Waals surface area contributed by atoms with Gasteiger partial charge in [0.1, 0.15) is 0 Å². The van der Waals surface area contributed by atoms with Gasteiger partial charge in [0, 0.05) is 5.02 Å². The average Bonchev–Trinajstić information content (AvgIpc) is 2.38. The molecule has 0 unspecified atom stereocenters. The summed E-state index contributed by atoms with van der Waals surface area (Å²) in [4.78, 5) is 47.5. The molecule has 0 radical (unpaired) electrons. The van der Waals surface area contributed by atoms with E-state index >= 15 is 0 Å². The summed E-state index contributed by atoms with van der Waals surface area (Å²) in [7, 11) is 0. The number of halogens is 1. The van der Waals surface area contributed by atoms with Gasteiger partial charge in [0.25, 0.3) is 5.56 Å². The van der Waals surface area contributed by atoms with Crippen LogP contribution in [0.3, 0.4) is 0 Å². The number of carboxylic acid groups (broad SMARTS) is 2. The number of aromatic amines is 1. The second kappa shape index (κ2) is 6.93. The van der Waals surface area contributed by atoms with Gasteiger partial charge >= 0.3 is 47.2 Å². The third kappa shape index (κ3) is 3.30. The molecular formula is C12H8ClN2NaO6. The molecule has 1 heterocycles. The molecule has 0 aliphatic heterocycles. The summed E-state index contributed by atoms with van der Waals surface area (Å²) in [5.41, 5.74) is -4.25. The molecule has 0 aliphatic carbocycles. The number of hydrogen-bond donors (Lipinski definition) is 3. The van der Waals surface area contributed by atoms with Crippen LogP contribution < -0.4 is 40.8 Å². The Kier molecular flexibility index (Phi) is 5.72. The Bertz CT molecular complexity index is 861. The maximum atomic E-state index is 11.8. The first kappa shape index (κ1) is 18.2. The van der Waals surface area contributed by atoms with E-state index in [1.165, 1.54) is 24.3 Å². The van der Waals surface area contributed by atoms with Gasteiger partial charge < -0.3 is 11.6 Å². The number of aromatic carboxylic acids is 2. The number of nitrogens with zero attached hydrogens (tertiary/aromatic N) is 1. The quantitative estimate of drug-likeness (QED) is 0.541. The fraction of sp³-hybridized carbons (Fsp3) is 0. The van der Waals surface area contributed by atoms with Crippen LogP contribution in [0.5, 0.6) is 0 Å². The van der Waals surface area contributed by atoms with E-state index in [9.17, 15) is 19.2 Å². The molecule has 10 heteroatoms. The first-order valence-electron chi connectivity index (χ1n) is 5.44. The zero-order valence-electron chi connectivity index (χ0n) is 12.2. The van der Waals surface area contributed by atoms with E-state index in [0.29, 0.717) is 9.59 Å². The van der Waals surface area contributed by atoms with Crippen molar-refractivity contribution in [1.29, 1.82) is 0 Å². The number of carboxylic acids is 2. The summed E-state index contributed by atoms with van der Waals surface area (Å²) in [6.45, 7) is 0. The average molecular weight is 335 g/mol. The van der Waals surface area contributed by atoms with Crippen LogP contribution in [-0.4, -0.2) is 31.7 Å². The molecule has 0 bridgehead atoms. The molecule has 0 atom stereocenters. The first-order valence-corrected chi connectivity index (χ1v) is 5.82. The van der Waals surface area contributed by atoms with E-state index in [4.69, 9.17) is 21.8 Å². The van der Waals surface area contributed by atoms with Crippen LogP contribution in [0.15, 0.2) is 33.9 Å². The monoisotopic (exact) mass is 334 g/mol. The zero-order valence-corrected chi connectivity index (χ0v) is 13.9. The van der Waals surface area contributed by atoms with Crippen LogP contribution in [0, 0.1) is 0 Å². The molecule has 0 saturated heterocycles. The third-order valence-electron chi connectivity index (χ3n) is 2.61. The van der Waals surface area contributed by atoms with Gasteiger partial charge in [-0.2, -0.15) is 0 Å². The fourth-order valence-electron chi connectivity index (χ4n) is 1.77. The minimum absolute atomic E-state index is 0. The molecule has 0 aliphatic rings. The van der Waals surface area contributed by atoms with E-state index in [-0.39, 0.29) is 36.7 Å². The van der Waals surface area contributed by atoms with Crippen molar-refractivity contribution in [3.8, 4) is 5.69 Å². The maximum Gasteiger partial charge on any atom is 1.00 e. The van der Waals surface area contributed by atoms with E-state index in [0.717, 1.165) is 0 Å². The smallest absolute Gasteiger partial charge is 1.00 e. The van der Waals surface area contributed by atoms with Crippen molar-refractivity contribution >= 4 is 23.5 Å². The molecule has 3 N–H and O–H groups in total. The van der Waals surface area contributed by atoms with Crippen LogP contribution in [0.4, 0.5) is 0 Å². The summed E-state index contributed by atoms with van der Waals surface area (Å²) in [5.74, 6) is -3.47. The van der Waals surface area contributed by atoms with E-state index in [1.54, 1.807) is 4.98 Å². The zero-order chi connectivity index (χ0) is 15.7. The topological polar surface area (TPSA) is 129 Å². The molecule has 0 amide bonds. The molecule has 0 spiro atoms. The van der Waals surface area contributed by atoms with Crippen LogP contribution in [0.2, 0.25) is 5.02 Å². The van der Waals surface area contributed by atoms with Crippen molar-refractivity contribution in [3.63, 3.8) is 0 Å². The van der Waals surface area contributed by atoms with Gasteiger partial charge in [-0.3, -0.25) is 14.3 Å². The number of benzene rings is 1. The standard InChI is InChI=1S/C12H7ClN2O6.Na.H/c13-5-1-3-6(4-2-5)15-8(11(19)20)7(10(17)18)9(16)14-12(15)21;;/h1-4H,(H,17,18)(H,19,20)(H,14,16,21);;/q;+1;-1. The van der Waals surface area contributed by atoms with Gasteiger partial charge in [-0.05, 0) is 24.3 Å². The predicted molar refractivity (Wildman–Crippen MR) is 72.7 cm³/mol. The normalized spacial score (nSPS) is 9.86. The predicted octanol–water partition coefficient (Wildman–Crippen LogP) is -2.31. The van der Waals surface area contributed by atoms with Crippen LogP contribution >= 0.6 is 11.6 Å². The number of nitrogens with one attached hydrogen (secondary N) is 1. The van der Waals surface area contributed by atoms with Crippen LogP contribution in [-0.2, 0) is 0 Å². The van der Waals surface area contributed by atoms with Crippen molar-refractivity contribution in [1.82, 2.24) is 9.55 Å². The fourth-order valence-corrected chi connectivity index (χ4v) is 1.90. The summed E-state index contributed by atoms with van der Waals surface area (Å²) in [5, 5.41) is 18.5. The Balaban J connectivity index is 0.00000242. The van der Waals surface area contributed by atoms with Crippen molar-refractivity contribution < 1.29 is 50.8 Å². The molecule has 1 aromatic carbocycles. The first-order chi connectivity index (χ1) is 9.82. The molecule has 8 nitrogen and oxygen atoms in total. The van der Waals surface area contributed by atoms with Gasteiger partial charge in [0.15, 0.2) is 11.3 Å². The van der Waals surface area contributed by atoms with E-state index < -0.39 is 34.4 Å². The Hall–Kier alpha value is -1.87. The summed E-state index contributed by atoms with van der Waals surface area (Å²) in [6.07, 6.45) is 0. The van der Waals surface area contributed by atoms with E-state index in [2.05, 4.69) is 0 Å². The largest absolute Gasteiger partial charge is 1.00 e. The van der Waals surface area contributed by atoms with Gasteiger partial charge in [-0.25, -0.2) is 14.4 Å². The Labute approximate surface area is 150 Å². The second-order valence-electron chi connectivity index (χ2n) is 3.91. The van der Waals surface area contributed by atoms with E-state index in [1.807, 2.05) is 0 Å². The Morgan fingerprint density at radius 3 is 2.09 bits per heavy atom. The molecule has 110 valence electrons. The maximum absolute atomic E-state index is 11.8. The van der Waals surface area contributed by atoms with Gasteiger partial charge in [-0.1, -0.05) is 11.6 Å². The Morgan fingerprint density at radius 1 is 1.09 bits per heavy atom. The molecule has 2 aromatic rings. The second-order valence-corrected chi connectivity index (χ2v) is 4.34. The number of H-pyrrole nitrogens is 1. The SMILES string of the molecule is O=C(O)c1c(C(=O)O)n(-c2ccc(Cl)cc2)c(=O)[nH]c1=O.[H-].[Na+]. The number of rotatable bonds is 3. The van der Waals surface area contributed by atoms with Gasteiger partial charge in [-0.15, -0.1) is 0 Å². The third-order valence-corrected chi connectivity index (χ3v) is 2.86. The molecule has 0 fully saturated rings. The van der Waals surface area contributed by atoms with Gasteiger partial charge in [0.2, 0.25) is 0 Å². The summed E-state index contributed by atoms with van der Waals surface area (Å²) < 4.78 is 0.587. The molecule has 1 aromatic heterocycles. The van der Waals surface area contributed by atoms with Gasteiger partial charge in [0.05, 0.1) is 5.69 Å².